The van der Waals surface area contributed by atoms with Gasteiger partial charge in [-0.2, -0.15) is 0 Å². The predicted octanol–water partition coefficient (Wildman–Crippen LogP) is 2.86. The number of anilines is 1. The van der Waals surface area contributed by atoms with Gasteiger partial charge in [-0.1, -0.05) is 0 Å². The summed E-state index contributed by atoms with van der Waals surface area (Å²) in [6.07, 6.45) is 0. The van der Waals surface area contributed by atoms with Crippen LogP contribution >= 0.6 is 27.3 Å². The number of hydrogen-bond donors (Lipinski definition) is 1. The molecule has 0 unspecified atom stereocenters. The molecule has 5 heteroatoms. The Labute approximate surface area is 94.1 Å². The van der Waals surface area contributed by atoms with E-state index in [1.807, 2.05) is 24.4 Å². The molecular weight excluding hydrogens is 262 g/mol. The zero-order chi connectivity index (χ0) is 10.1. The van der Waals surface area contributed by atoms with Crippen molar-refractivity contribution in [2.75, 3.05) is 5.73 Å². The van der Waals surface area contributed by atoms with Crippen LogP contribution in [0.2, 0.25) is 0 Å². The summed E-state index contributed by atoms with van der Waals surface area (Å²) in [6, 6.07) is 3.96. The highest BCUT2D eigenvalue weighted by Gasteiger charge is 2.05. The molecule has 2 N–H and O–H groups in total. The standard InChI is InChI=1S/C9H8BrN3S/c1-5-2-7(12-13-9(5)11)8-3-6(10)4-14-8/h2-4H,1H3,(H2,11,13). The van der Waals surface area contributed by atoms with Crippen molar-refractivity contribution in [3.63, 3.8) is 0 Å². The van der Waals surface area contributed by atoms with Crippen molar-refractivity contribution >= 4 is 33.1 Å². The molecule has 0 aliphatic carbocycles. The van der Waals surface area contributed by atoms with Crippen molar-refractivity contribution in [1.29, 1.82) is 0 Å². The van der Waals surface area contributed by atoms with Gasteiger partial charge in [-0.25, -0.2) is 0 Å². The molecule has 0 bridgehead atoms. The molecule has 0 aliphatic rings. The first-order valence-corrected chi connectivity index (χ1v) is 5.68. The van der Waals surface area contributed by atoms with E-state index >= 15 is 0 Å². The fourth-order valence-electron chi connectivity index (χ4n) is 1.06. The van der Waals surface area contributed by atoms with Crippen molar-refractivity contribution in [1.82, 2.24) is 10.2 Å². The Morgan fingerprint density at radius 1 is 1.36 bits per heavy atom. The van der Waals surface area contributed by atoms with Crippen molar-refractivity contribution < 1.29 is 0 Å². The van der Waals surface area contributed by atoms with Gasteiger partial charge in [0.15, 0.2) is 0 Å². The summed E-state index contributed by atoms with van der Waals surface area (Å²) in [5.41, 5.74) is 7.42. The lowest BCUT2D eigenvalue weighted by molar-refractivity contribution is 1.04. The van der Waals surface area contributed by atoms with Gasteiger partial charge in [0, 0.05) is 9.85 Å². The Morgan fingerprint density at radius 2 is 2.14 bits per heavy atom. The highest BCUT2D eigenvalue weighted by atomic mass is 79.9. The molecule has 2 heterocycles. The monoisotopic (exact) mass is 269 g/mol. The molecule has 0 radical (unpaired) electrons. The van der Waals surface area contributed by atoms with Gasteiger partial charge in [-0.15, -0.1) is 21.5 Å². The van der Waals surface area contributed by atoms with Gasteiger partial charge in [0.1, 0.15) is 11.5 Å². The first-order valence-electron chi connectivity index (χ1n) is 4.01. The number of nitrogens with two attached hydrogens (primary N) is 1. The van der Waals surface area contributed by atoms with E-state index in [2.05, 4.69) is 26.1 Å². The molecule has 0 saturated carbocycles. The number of nitrogens with zero attached hydrogens (tertiary/aromatic N) is 2. The minimum atomic E-state index is 0.490. The highest BCUT2D eigenvalue weighted by molar-refractivity contribution is 9.10. The highest BCUT2D eigenvalue weighted by Crippen LogP contribution is 2.28. The van der Waals surface area contributed by atoms with Gasteiger partial charge < -0.3 is 5.73 Å². The molecule has 0 aromatic carbocycles. The summed E-state index contributed by atoms with van der Waals surface area (Å²) in [4.78, 5) is 1.09. The number of nitrogen functional groups attached to an aromatic ring is 1. The summed E-state index contributed by atoms with van der Waals surface area (Å²) in [6.45, 7) is 1.93. The molecule has 0 spiro atoms. The quantitative estimate of drug-likeness (QED) is 0.866. The van der Waals surface area contributed by atoms with Gasteiger partial charge in [-0.05, 0) is 40.5 Å². The third-order valence-corrected chi connectivity index (χ3v) is 3.56. The zero-order valence-electron chi connectivity index (χ0n) is 7.49. The van der Waals surface area contributed by atoms with E-state index in [-0.39, 0.29) is 0 Å². The van der Waals surface area contributed by atoms with Crippen LogP contribution in [-0.4, -0.2) is 10.2 Å². The minimum absolute atomic E-state index is 0.490. The molecule has 0 aliphatic heterocycles. The lowest BCUT2D eigenvalue weighted by Crippen LogP contribution is -1.97. The molecule has 2 aromatic rings. The maximum Gasteiger partial charge on any atom is 0.149 e. The van der Waals surface area contributed by atoms with E-state index in [0.29, 0.717) is 5.82 Å². The van der Waals surface area contributed by atoms with Gasteiger partial charge in [0.2, 0.25) is 0 Å². The van der Waals surface area contributed by atoms with E-state index in [1.54, 1.807) is 11.3 Å². The first kappa shape index (κ1) is 9.61. The van der Waals surface area contributed by atoms with E-state index in [4.69, 9.17) is 5.73 Å². The molecule has 3 nitrogen and oxygen atoms in total. The average molecular weight is 270 g/mol. The third kappa shape index (κ3) is 1.78. The van der Waals surface area contributed by atoms with Gasteiger partial charge in [0.05, 0.1) is 4.88 Å². The molecule has 72 valence electrons. The largest absolute Gasteiger partial charge is 0.382 e. The molecule has 14 heavy (non-hydrogen) atoms. The Balaban J connectivity index is 2.47. The second kappa shape index (κ2) is 3.67. The summed E-state index contributed by atoms with van der Waals surface area (Å²) in [5, 5.41) is 9.94. The Hall–Kier alpha value is -0.940. The van der Waals surface area contributed by atoms with Crippen LogP contribution in [0.3, 0.4) is 0 Å². The predicted molar refractivity (Wildman–Crippen MR) is 62.2 cm³/mol. The lowest BCUT2D eigenvalue weighted by atomic mass is 10.2. The second-order valence-corrected chi connectivity index (χ2v) is 4.75. The molecule has 2 aromatic heterocycles. The van der Waals surface area contributed by atoms with Gasteiger partial charge in [0.25, 0.3) is 0 Å². The van der Waals surface area contributed by atoms with Crippen LogP contribution in [0.25, 0.3) is 10.6 Å². The van der Waals surface area contributed by atoms with E-state index < -0.39 is 0 Å². The topological polar surface area (TPSA) is 51.8 Å². The van der Waals surface area contributed by atoms with Crippen LogP contribution < -0.4 is 5.73 Å². The number of aryl methyl sites for hydroxylation is 1. The number of hydrogen-bond acceptors (Lipinski definition) is 4. The third-order valence-electron chi connectivity index (χ3n) is 1.84. The normalized spacial score (nSPS) is 10.4. The summed E-state index contributed by atoms with van der Waals surface area (Å²) in [5.74, 6) is 0.490. The van der Waals surface area contributed by atoms with E-state index in [9.17, 15) is 0 Å². The fourth-order valence-corrected chi connectivity index (χ4v) is 2.45. The SMILES string of the molecule is Cc1cc(-c2cc(Br)cs2)nnc1N. The molecule has 0 atom stereocenters. The smallest absolute Gasteiger partial charge is 0.149 e. The number of rotatable bonds is 1. The Morgan fingerprint density at radius 3 is 2.71 bits per heavy atom. The van der Waals surface area contributed by atoms with Gasteiger partial charge >= 0.3 is 0 Å². The molecular formula is C9H8BrN3S. The van der Waals surface area contributed by atoms with Crippen molar-refractivity contribution in [3.05, 3.63) is 27.5 Å². The zero-order valence-corrected chi connectivity index (χ0v) is 9.89. The number of thiophene rings is 1. The van der Waals surface area contributed by atoms with Crippen molar-refractivity contribution in [3.8, 4) is 10.6 Å². The molecule has 0 saturated heterocycles. The Bertz CT molecular complexity index is 467. The average Bonchev–Trinajstić information content (AvgIpc) is 2.57. The summed E-state index contributed by atoms with van der Waals surface area (Å²) in [7, 11) is 0. The molecule has 2 rings (SSSR count). The van der Waals surface area contributed by atoms with Crippen molar-refractivity contribution in [2.45, 2.75) is 6.92 Å². The lowest BCUT2D eigenvalue weighted by Gasteiger charge is -1.99. The Kier molecular flexibility index (Phi) is 2.52. The summed E-state index contributed by atoms with van der Waals surface area (Å²) < 4.78 is 1.06. The number of halogens is 1. The van der Waals surface area contributed by atoms with E-state index in [1.165, 1.54) is 0 Å². The molecule has 0 amide bonds. The maximum atomic E-state index is 5.59. The van der Waals surface area contributed by atoms with Crippen LogP contribution in [0.1, 0.15) is 5.56 Å². The maximum absolute atomic E-state index is 5.59. The fraction of sp³-hybridized carbons (Fsp3) is 0.111. The van der Waals surface area contributed by atoms with Crippen LogP contribution in [0, 0.1) is 6.92 Å². The summed E-state index contributed by atoms with van der Waals surface area (Å²) >= 11 is 5.03. The first-order chi connectivity index (χ1) is 6.66. The van der Waals surface area contributed by atoms with Gasteiger partial charge in [-0.3, -0.25) is 0 Å². The second-order valence-electron chi connectivity index (χ2n) is 2.93. The van der Waals surface area contributed by atoms with Crippen LogP contribution in [0.5, 0.6) is 0 Å². The van der Waals surface area contributed by atoms with Crippen molar-refractivity contribution in [2.24, 2.45) is 0 Å². The minimum Gasteiger partial charge on any atom is -0.382 e. The molecule has 0 fully saturated rings. The van der Waals surface area contributed by atoms with Crippen LogP contribution in [0.4, 0.5) is 5.82 Å². The van der Waals surface area contributed by atoms with Crippen LogP contribution in [-0.2, 0) is 0 Å². The van der Waals surface area contributed by atoms with E-state index in [0.717, 1.165) is 20.6 Å². The van der Waals surface area contributed by atoms with Crippen LogP contribution in [0.15, 0.2) is 22.0 Å². The number of aromatic nitrogens is 2.